The quantitative estimate of drug-likeness (QED) is 0.906. The molecule has 0 saturated carbocycles. The lowest BCUT2D eigenvalue weighted by Crippen LogP contribution is -2.38. The first-order valence-electron chi connectivity index (χ1n) is 6.68. The van der Waals surface area contributed by atoms with Crippen molar-refractivity contribution in [2.24, 2.45) is 11.7 Å². The number of rotatable bonds is 3. The van der Waals surface area contributed by atoms with Crippen molar-refractivity contribution in [3.8, 4) is 0 Å². The van der Waals surface area contributed by atoms with Crippen LogP contribution >= 0.6 is 11.6 Å². The summed E-state index contributed by atoms with van der Waals surface area (Å²) < 4.78 is 0. The molecule has 3 heteroatoms. The molecule has 0 aromatic heterocycles. The number of halogens is 1. The van der Waals surface area contributed by atoms with Gasteiger partial charge in [0.15, 0.2) is 0 Å². The molecule has 2 nitrogen and oxygen atoms in total. The van der Waals surface area contributed by atoms with Gasteiger partial charge in [-0.15, -0.1) is 0 Å². The third-order valence-corrected chi connectivity index (χ3v) is 4.23. The minimum absolute atomic E-state index is 0.190. The van der Waals surface area contributed by atoms with Crippen LogP contribution in [0.1, 0.15) is 32.3 Å². The van der Waals surface area contributed by atoms with E-state index in [4.69, 9.17) is 17.3 Å². The highest BCUT2D eigenvalue weighted by atomic mass is 35.5. The summed E-state index contributed by atoms with van der Waals surface area (Å²) in [6.45, 7) is 8.64. The topological polar surface area (TPSA) is 29.3 Å². The summed E-state index contributed by atoms with van der Waals surface area (Å²) in [5.41, 5.74) is 8.45. The van der Waals surface area contributed by atoms with Crippen LogP contribution in [0.25, 0.3) is 0 Å². The van der Waals surface area contributed by atoms with Gasteiger partial charge in [0.05, 0.1) is 0 Å². The number of aryl methyl sites for hydroxylation is 1. The molecular weight excluding hydrogens is 244 g/mol. The Hall–Kier alpha value is -0.730. The number of anilines is 1. The predicted molar refractivity (Wildman–Crippen MR) is 79.4 cm³/mol. The Morgan fingerprint density at radius 1 is 1.44 bits per heavy atom. The van der Waals surface area contributed by atoms with Crippen LogP contribution in [0.15, 0.2) is 18.2 Å². The van der Waals surface area contributed by atoms with E-state index in [9.17, 15) is 0 Å². The first kappa shape index (κ1) is 13.7. The third kappa shape index (κ3) is 2.65. The highest BCUT2D eigenvalue weighted by Crippen LogP contribution is 2.39. The normalized spacial score (nSPS) is 22.5. The predicted octanol–water partition coefficient (Wildman–Crippen LogP) is 3.60. The lowest BCUT2D eigenvalue weighted by atomic mass is 9.94. The molecule has 1 aliphatic heterocycles. The standard InChI is InChI=1S/C15H23ClN2/c1-11-4-5-13(16)8-14(11)18-10-12(6-7-17)9-15(18,2)3/h4-5,8,12H,6-7,9-10,17H2,1-3H3. The van der Waals surface area contributed by atoms with Crippen molar-refractivity contribution >= 4 is 17.3 Å². The lowest BCUT2D eigenvalue weighted by Gasteiger charge is -2.34. The van der Waals surface area contributed by atoms with Crippen LogP contribution < -0.4 is 10.6 Å². The smallest absolute Gasteiger partial charge is 0.0426 e. The van der Waals surface area contributed by atoms with E-state index in [1.807, 2.05) is 6.07 Å². The van der Waals surface area contributed by atoms with E-state index >= 15 is 0 Å². The Balaban J connectivity index is 2.29. The van der Waals surface area contributed by atoms with Crippen LogP contribution in [0.4, 0.5) is 5.69 Å². The van der Waals surface area contributed by atoms with E-state index < -0.39 is 0 Å². The number of hydrogen-bond acceptors (Lipinski definition) is 2. The minimum atomic E-state index is 0.190. The maximum absolute atomic E-state index is 6.14. The first-order chi connectivity index (χ1) is 8.44. The van der Waals surface area contributed by atoms with Crippen LogP contribution in [0, 0.1) is 12.8 Å². The van der Waals surface area contributed by atoms with Gasteiger partial charge in [0.1, 0.15) is 0 Å². The SMILES string of the molecule is Cc1ccc(Cl)cc1N1CC(CCN)CC1(C)C. The Morgan fingerprint density at radius 3 is 2.83 bits per heavy atom. The fourth-order valence-corrected chi connectivity index (χ4v) is 3.28. The fourth-order valence-electron chi connectivity index (χ4n) is 3.11. The van der Waals surface area contributed by atoms with Crippen molar-refractivity contribution in [2.45, 2.75) is 39.2 Å². The molecule has 0 amide bonds. The third-order valence-electron chi connectivity index (χ3n) is 4.00. The fraction of sp³-hybridized carbons (Fsp3) is 0.600. The Bertz CT molecular complexity index is 429. The zero-order valence-corrected chi connectivity index (χ0v) is 12.3. The molecule has 1 heterocycles. The molecule has 1 saturated heterocycles. The summed E-state index contributed by atoms with van der Waals surface area (Å²) in [7, 11) is 0. The van der Waals surface area contributed by atoms with Crippen LogP contribution in [-0.2, 0) is 0 Å². The first-order valence-corrected chi connectivity index (χ1v) is 7.05. The van der Waals surface area contributed by atoms with E-state index in [1.165, 1.54) is 17.7 Å². The zero-order valence-electron chi connectivity index (χ0n) is 11.5. The summed E-state index contributed by atoms with van der Waals surface area (Å²) in [6.07, 6.45) is 2.32. The highest BCUT2D eigenvalue weighted by Gasteiger charge is 2.38. The maximum Gasteiger partial charge on any atom is 0.0426 e. The summed E-state index contributed by atoms with van der Waals surface area (Å²) in [4.78, 5) is 2.49. The largest absolute Gasteiger partial charge is 0.366 e. The van der Waals surface area contributed by atoms with Crippen molar-refractivity contribution in [3.63, 3.8) is 0 Å². The van der Waals surface area contributed by atoms with Gasteiger partial charge >= 0.3 is 0 Å². The minimum Gasteiger partial charge on any atom is -0.366 e. The molecule has 0 spiro atoms. The summed E-state index contributed by atoms with van der Waals surface area (Å²) in [5, 5.41) is 0.814. The van der Waals surface area contributed by atoms with Gasteiger partial charge in [-0.2, -0.15) is 0 Å². The van der Waals surface area contributed by atoms with Crippen molar-refractivity contribution in [2.75, 3.05) is 18.0 Å². The van der Waals surface area contributed by atoms with Gasteiger partial charge in [0.25, 0.3) is 0 Å². The molecule has 1 atom stereocenters. The molecule has 0 aliphatic carbocycles. The Morgan fingerprint density at radius 2 is 2.17 bits per heavy atom. The number of benzene rings is 1. The number of nitrogens with zero attached hydrogens (tertiary/aromatic N) is 1. The molecule has 1 unspecified atom stereocenters. The number of nitrogens with two attached hydrogens (primary N) is 1. The molecule has 2 N–H and O–H groups in total. The van der Waals surface area contributed by atoms with Crippen LogP contribution in [0.3, 0.4) is 0 Å². The van der Waals surface area contributed by atoms with Gasteiger partial charge in [-0.3, -0.25) is 0 Å². The van der Waals surface area contributed by atoms with Crippen LogP contribution in [0.2, 0.25) is 5.02 Å². The zero-order chi connectivity index (χ0) is 13.3. The van der Waals surface area contributed by atoms with E-state index in [1.54, 1.807) is 0 Å². The lowest BCUT2D eigenvalue weighted by molar-refractivity contribution is 0.458. The van der Waals surface area contributed by atoms with Crippen LogP contribution in [-0.4, -0.2) is 18.6 Å². The average Bonchev–Trinajstić information content (AvgIpc) is 2.57. The molecule has 1 aromatic rings. The van der Waals surface area contributed by atoms with E-state index in [2.05, 4.69) is 37.8 Å². The van der Waals surface area contributed by atoms with Gasteiger partial charge in [-0.25, -0.2) is 0 Å². The Kier molecular flexibility index (Phi) is 3.88. The second kappa shape index (κ2) is 5.10. The van der Waals surface area contributed by atoms with Crippen LogP contribution in [0.5, 0.6) is 0 Å². The second-order valence-electron chi connectivity index (χ2n) is 6.00. The molecule has 0 bridgehead atoms. The van der Waals surface area contributed by atoms with Gasteiger partial charge in [-0.1, -0.05) is 17.7 Å². The van der Waals surface area contributed by atoms with Crippen molar-refractivity contribution in [1.29, 1.82) is 0 Å². The van der Waals surface area contributed by atoms with Gasteiger partial charge in [-0.05, 0) is 63.8 Å². The number of hydrogen-bond donors (Lipinski definition) is 1. The monoisotopic (exact) mass is 266 g/mol. The Labute approximate surface area is 115 Å². The van der Waals surface area contributed by atoms with Crippen molar-refractivity contribution in [3.05, 3.63) is 28.8 Å². The molecule has 100 valence electrons. The summed E-state index contributed by atoms with van der Waals surface area (Å²) in [6, 6.07) is 6.15. The average molecular weight is 267 g/mol. The van der Waals surface area contributed by atoms with Gasteiger partial charge in [0.2, 0.25) is 0 Å². The molecule has 1 fully saturated rings. The molecule has 18 heavy (non-hydrogen) atoms. The highest BCUT2D eigenvalue weighted by molar-refractivity contribution is 6.30. The molecule has 2 rings (SSSR count). The van der Waals surface area contributed by atoms with E-state index in [0.717, 1.165) is 24.5 Å². The van der Waals surface area contributed by atoms with Crippen molar-refractivity contribution in [1.82, 2.24) is 0 Å². The molecule has 1 aromatic carbocycles. The second-order valence-corrected chi connectivity index (χ2v) is 6.44. The summed E-state index contributed by atoms with van der Waals surface area (Å²) in [5.74, 6) is 0.698. The maximum atomic E-state index is 6.14. The molecule has 1 aliphatic rings. The van der Waals surface area contributed by atoms with Gasteiger partial charge in [0, 0.05) is 22.8 Å². The van der Waals surface area contributed by atoms with E-state index in [0.29, 0.717) is 5.92 Å². The molecular formula is C15H23ClN2. The van der Waals surface area contributed by atoms with Crippen molar-refractivity contribution < 1.29 is 0 Å². The molecule has 0 radical (unpaired) electrons. The van der Waals surface area contributed by atoms with Gasteiger partial charge < -0.3 is 10.6 Å². The summed E-state index contributed by atoms with van der Waals surface area (Å²) >= 11 is 6.14. The van der Waals surface area contributed by atoms with E-state index in [-0.39, 0.29) is 5.54 Å².